The summed E-state index contributed by atoms with van der Waals surface area (Å²) >= 11 is 3.11. The highest BCUT2D eigenvalue weighted by Crippen LogP contribution is 2.21. The molecule has 14 heavy (non-hydrogen) atoms. The van der Waals surface area contributed by atoms with E-state index in [0.29, 0.717) is 15.5 Å². The number of halogens is 1. The molecule has 0 radical (unpaired) electrons. The second-order valence-electron chi connectivity index (χ2n) is 2.76. The van der Waals surface area contributed by atoms with Gasteiger partial charge < -0.3 is 15.1 Å². The summed E-state index contributed by atoms with van der Waals surface area (Å²) in [7, 11) is 0. The van der Waals surface area contributed by atoms with Crippen LogP contribution in [0, 0.1) is 0 Å². The molecule has 2 aromatic rings. The Balaban J connectivity index is 2.82. The number of nitrogens with one attached hydrogen (secondary N) is 2. The van der Waals surface area contributed by atoms with Crippen molar-refractivity contribution >= 4 is 32.9 Å². The van der Waals surface area contributed by atoms with Crippen LogP contribution in [0.3, 0.4) is 0 Å². The third-order valence-electron chi connectivity index (χ3n) is 1.83. The monoisotopic (exact) mass is 256 g/mol. The third kappa shape index (κ3) is 1.33. The van der Waals surface area contributed by atoms with Crippen molar-refractivity contribution in [2.24, 2.45) is 0 Å². The van der Waals surface area contributed by atoms with Crippen LogP contribution < -0.4 is 5.69 Å². The largest absolute Gasteiger partial charge is 0.478 e. The maximum absolute atomic E-state index is 10.9. The van der Waals surface area contributed by atoms with Gasteiger partial charge in [0.2, 0.25) is 0 Å². The van der Waals surface area contributed by atoms with Gasteiger partial charge in [-0.3, -0.25) is 0 Å². The lowest BCUT2D eigenvalue weighted by molar-refractivity contribution is 0.0696. The number of carboxylic acids is 1. The Bertz CT molecular complexity index is 569. The molecule has 0 spiro atoms. The molecule has 1 aromatic heterocycles. The number of H-pyrrole nitrogens is 2. The molecule has 0 fully saturated rings. The van der Waals surface area contributed by atoms with Crippen molar-refractivity contribution < 1.29 is 9.90 Å². The van der Waals surface area contributed by atoms with E-state index in [0.717, 1.165) is 0 Å². The molecule has 0 aliphatic carbocycles. The Morgan fingerprint density at radius 2 is 1.86 bits per heavy atom. The smallest absolute Gasteiger partial charge is 0.336 e. The predicted molar refractivity (Wildman–Crippen MR) is 53.6 cm³/mol. The van der Waals surface area contributed by atoms with Gasteiger partial charge in [-0.25, -0.2) is 9.59 Å². The maximum atomic E-state index is 10.9. The van der Waals surface area contributed by atoms with E-state index in [1.54, 1.807) is 6.07 Å². The van der Waals surface area contributed by atoms with Crippen LogP contribution in [0.5, 0.6) is 0 Å². The summed E-state index contributed by atoms with van der Waals surface area (Å²) in [4.78, 5) is 26.7. The molecule has 2 rings (SSSR count). The molecule has 3 N–H and O–H groups in total. The molecule has 5 nitrogen and oxygen atoms in total. The summed E-state index contributed by atoms with van der Waals surface area (Å²) in [5, 5.41) is 8.80. The van der Waals surface area contributed by atoms with Crippen LogP contribution in [0.15, 0.2) is 21.4 Å². The average Bonchev–Trinajstić information content (AvgIpc) is 2.42. The average molecular weight is 257 g/mol. The fraction of sp³-hybridized carbons (Fsp3) is 0. The molecule has 6 heteroatoms. The van der Waals surface area contributed by atoms with E-state index in [9.17, 15) is 9.59 Å². The quantitative estimate of drug-likeness (QED) is 0.720. The van der Waals surface area contributed by atoms with Crippen molar-refractivity contribution in [3.8, 4) is 0 Å². The summed E-state index contributed by atoms with van der Waals surface area (Å²) < 4.78 is 0.438. The van der Waals surface area contributed by atoms with Crippen molar-refractivity contribution in [2.75, 3.05) is 0 Å². The molecule has 0 saturated heterocycles. The number of aromatic amines is 2. The van der Waals surface area contributed by atoms with Crippen LogP contribution >= 0.6 is 15.9 Å². The van der Waals surface area contributed by atoms with E-state index >= 15 is 0 Å². The zero-order valence-corrected chi connectivity index (χ0v) is 8.38. The van der Waals surface area contributed by atoms with Gasteiger partial charge in [0.25, 0.3) is 0 Å². The molecule has 1 aromatic carbocycles. The van der Waals surface area contributed by atoms with E-state index in [1.807, 2.05) is 0 Å². The Morgan fingerprint density at radius 3 is 2.43 bits per heavy atom. The fourth-order valence-electron chi connectivity index (χ4n) is 1.22. The number of imidazole rings is 1. The van der Waals surface area contributed by atoms with Crippen molar-refractivity contribution in [1.82, 2.24) is 9.97 Å². The molecule has 0 aliphatic heterocycles. The van der Waals surface area contributed by atoms with Crippen LogP contribution in [-0.4, -0.2) is 21.0 Å². The molecular formula is C8H5BrN2O3. The van der Waals surface area contributed by atoms with Gasteiger partial charge in [-0.15, -0.1) is 0 Å². The first-order valence-electron chi connectivity index (χ1n) is 3.73. The van der Waals surface area contributed by atoms with Crippen molar-refractivity contribution in [2.45, 2.75) is 0 Å². The topological polar surface area (TPSA) is 85.9 Å². The maximum Gasteiger partial charge on any atom is 0.336 e. The number of carboxylic acid groups (broad SMARTS) is 1. The van der Waals surface area contributed by atoms with Crippen molar-refractivity contribution in [3.63, 3.8) is 0 Å². The molecule has 0 unspecified atom stereocenters. The Morgan fingerprint density at radius 1 is 1.29 bits per heavy atom. The first-order chi connectivity index (χ1) is 6.58. The second-order valence-corrected chi connectivity index (χ2v) is 3.62. The standard InChI is InChI=1S/C8H5BrN2O3/c9-4-2-6-5(10-8(14)11-6)1-3(4)7(12)13/h1-2H,(H,12,13)(H2,10,11,14). The molecule has 0 amide bonds. The zero-order chi connectivity index (χ0) is 10.3. The normalized spacial score (nSPS) is 10.6. The lowest BCUT2D eigenvalue weighted by Crippen LogP contribution is -1.99. The minimum atomic E-state index is -1.04. The summed E-state index contributed by atoms with van der Waals surface area (Å²) in [6.07, 6.45) is 0. The van der Waals surface area contributed by atoms with Gasteiger partial charge in [0.1, 0.15) is 0 Å². The molecule has 0 aliphatic rings. The number of aromatic carboxylic acids is 1. The Hall–Kier alpha value is -1.56. The second kappa shape index (κ2) is 2.98. The number of benzene rings is 1. The van der Waals surface area contributed by atoms with Gasteiger partial charge >= 0.3 is 11.7 Å². The first-order valence-corrected chi connectivity index (χ1v) is 4.52. The lowest BCUT2D eigenvalue weighted by Gasteiger charge is -1.97. The minimum Gasteiger partial charge on any atom is -0.478 e. The van der Waals surface area contributed by atoms with Crippen LogP contribution in [0.2, 0.25) is 0 Å². The van der Waals surface area contributed by atoms with Crippen LogP contribution in [0.1, 0.15) is 10.4 Å². The molecule has 0 saturated carbocycles. The highest BCUT2D eigenvalue weighted by molar-refractivity contribution is 9.10. The van der Waals surface area contributed by atoms with E-state index in [4.69, 9.17) is 5.11 Å². The summed E-state index contributed by atoms with van der Waals surface area (Å²) in [6.45, 7) is 0. The molecular weight excluding hydrogens is 252 g/mol. The van der Waals surface area contributed by atoms with E-state index < -0.39 is 5.97 Å². The minimum absolute atomic E-state index is 0.118. The summed E-state index contributed by atoms with van der Waals surface area (Å²) in [6, 6.07) is 2.95. The predicted octanol–water partition coefficient (Wildman–Crippen LogP) is 1.32. The first kappa shape index (κ1) is 9.01. The van der Waals surface area contributed by atoms with Crippen LogP contribution in [-0.2, 0) is 0 Å². The number of hydrogen-bond acceptors (Lipinski definition) is 2. The van der Waals surface area contributed by atoms with E-state index in [2.05, 4.69) is 25.9 Å². The lowest BCUT2D eigenvalue weighted by atomic mass is 10.2. The highest BCUT2D eigenvalue weighted by Gasteiger charge is 2.10. The van der Waals surface area contributed by atoms with Crippen molar-refractivity contribution in [1.29, 1.82) is 0 Å². The zero-order valence-electron chi connectivity index (χ0n) is 6.80. The van der Waals surface area contributed by atoms with Crippen molar-refractivity contribution in [3.05, 3.63) is 32.7 Å². The van der Waals surface area contributed by atoms with Gasteiger partial charge in [-0.05, 0) is 28.1 Å². The molecule has 0 atom stereocenters. The fourth-order valence-corrected chi connectivity index (χ4v) is 1.73. The van der Waals surface area contributed by atoms with Crippen LogP contribution in [0.25, 0.3) is 11.0 Å². The number of rotatable bonds is 1. The Kier molecular flexibility index (Phi) is 1.92. The Labute approximate surface area is 85.9 Å². The van der Waals surface area contributed by atoms with Gasteiger partial charge in [-0.1, -0.05) is 0 Å². The molecule has 0 bridgehead atoms. The third-order valence-corrected chi connectivity index (χ3v) is 2.49. The van der Waals surface area contributed by atoms with E-state index in [1.165, 1.54) is 6.07 Å². The molecule has 1 heterocycles. The van der Waals surface area contributed by atoms with Gasteiger partial charge in [0, 0.05) is 4.47 Å². The SMILES string of the molecule is O=C(O)c1cc2[nH]c(=O)[nH]c2cc1Br. The number of carbonyl (C=O) groups is 1. The highest BCUT2D eigenvalue weighted by atomic mass is 79.9. The number of hydrogen-bond donors (Lipinski definition) is 3. The summed E-state index contributed by atoms with van der Waals surface area (Å²) in [5.74, 6) is -1.04. The summed E-state index contributed by atoms with van der Waals surface area (Å²) in [5.41, 5.74) is 0.824. The van der Waals surface area contributed by atoms with Crippen LogP contribution in [0.4, 0.5) is 0 Å². The van der Waals surface area contributed by atoms with E-state index in [-0.39, 0.29) is 11.3 Å². The van der Waals surface area contributed by atoms with Gasteiger partial charge in [-0.2, -0.15) is 0 Å². The number of aromatic nitrogens is 2. The van der Waals surface area contributed by atoms with Gasteiger partial charge in [0.15, 0.2) is 0 Å². The number of fused-ring (bicyclic) bond motifs is 1. The van der Waals surface area contributed by atoms with Gasteiger partial charge in [0.05, 0.1) is 16.6 Å². The molecule has 72 valence electrons.